The number of ether oxygens (including phenoxy) is 1. The third-order valence-electron chi connectivity index (χ3n) is 5.62. The van der Waals surface area contributed by atoms with Gasteiger partial charge in [-0.05, 0) is 41.7 Å². The summed E-state index contributed by atoms with van der Waals surface area (Å²) in [6, 6.07) is 23.3. The van der Waals surface area contributed by atoms with Crippen molar-refractivity contribution >= 4 is 17.2 Å². The van der Waals surface area contributed by atoms with Gasteiger partial charge < -0.3 is 20.0 Å². The van der Waals surface area contributed by atoms with Gasteiger partial charge in [-0.15, -0.1) is 0 Å². The second-order valence-corrected chi connectivity index (χ2v) is 7.85. The van der Waals surface area contributed by atoms with Crippen LogP contribution in [0.3, 0.4) is 0 Å². The standard InChI is InChI=1S/C27H26N2O4/c28-27(32)26(31)24-21(13-8-16-30)22(17-19-9-3-1-4-10-19)29-15-7-14-23(25(24)29)33-18-20-11-5-2-6-12-20/h1-7,9-12,14-15,30H,8,13,16-18H2,(H2,28,32). The number of nitrogens with two attached hydrogens (primary N) is 1. The lowest BCUT2D eigenvalue weighted by Gasteiger charge is -2.10. The van der Waals surface area contributed by atoms with Crippen molar-refractivity contribution in [3.8, 4) is 5.75 Å². The lowest BCUT2D eigenvalue weighted by atomic mass is 9.97. The fourth-order valence-electron chi connectivity index (χ4n) is 4.12. The average molecular weight is 443 g/mol. The van der Waals surface area contributed by atoms with Crippen LogP contribution in [0.4, 0.5) is 0 Å². The van der Waals surface area contributed by atoms with Gasteiger partial charge in [-0.25, -0.2) is 0 Å². The van der Waals surface area contributed by atoms with E-state index in [1.807, 2.05) is 77.3 Å². The van der Waals surface area contributed by atoms with E-state index in [0.29, 0.717) is 42.7 Å². The largest absolute Gasteiger partial charge is 0.487 e. The molecular formula is C27H26N2O4. The number of nitrogens with zero attached hydrogens (tertiary/aromatic N) is 1. The Hall–Kier alpha value is -3.90. The maximum atomic E-state index is 13.0. The topological polar surface area (TPSA) is 94.0 Å². The maximum Gasteiger partial charge on any atom is 0.289 e. The number of rotatable bonds is 10. The molecule has 0 saturated carbocycles. The number of carbonyl (C=O) groups is 2. The van der Waals surface area contributed by atoms with Gasteiger partial charge in [0.2, 0.25) is 0 Å². The molecule has 2 heterocycles. The highest BCUT2D eigenvalue weighted by molar-refractivity contribution is 6.44. The van der Waals surface area contributed by atoms with Gasteiger partial charge in [-0.3, -0.25) is 9.59 Å². The molecule has 0 bridgehead atoms. The first-order chi connectivity index (χ1) is 16.1. The minimum atomic E-state index is -1.02. The number of primary amides is 1. The minimum absolute atomic E-state index is 0.0292. The summed E-state index contributed by atoms with van der Waals surface area (Å²) in [5.41, 5.74) is 9.87. The first-order valence-electron chi connectivity index (χ1n) is 10.9. The van der Waals surface area contributed by atoms with Gasteiger partial charge in [0.15, 0.2) is 0 Å². The van der Waals surface area contributed by atoms with E-state index >= 15 is 0 Å². The van der Waals surface area contributed by atoms with Crippen molar-refractivity contribution < 1.29 is 19.4 Å². The van der Waals surface area contributed by atoms with Crippen LogP contribution < -0.4 is 10.5 Å². The smallest absolute Gasteiger partial charge is 0.289 e. The number of aliphatic hydroxyl groups is 1. The summed E-state index contributed by atoms with van der Waals surface area (Å²) in [7, 11) is 0. The molecule has 0 unspecified atom stereocenters. The Balaban J connectivity index is 1.89. The van der Waals surface area contributed by atoms with E-state index in [-0.39, 0.29) is 12.2 Å². The second kappa shape index (κ2) is 10.1. The van der Waals surface area contributed by atoms with Gasteiger partial charge in [-0.1, -0.05) is 60.7 Å². The van der Waals surface area contributed by atoms with Gasteiger partial charge in [0.05, 0.1) is 11.1 Å². The van der Waals surface area contributed by atoms with E-state index < -0.39 is 11.7 Å². The number of carbonyl (C=O) groups excluding carboxylic acids is 2. The van der Waals surface area contributed by atoms with E-state index in [1.165, 1.54) is 0 Å². The quantitative estimate of drug-likeness (QED) is 0.289. The summed E-state index contributed by atoms with van der Waals surface area (Å²) in [5.74, 6) is -1.28. The van der Waals surface area contributed by atoms with Crippen LogP contribution in [0.1, 0.15) is 39.2 Å². The van der Waals surface area contributed by atoms with Crippen LogP contribution in [0.15, 0.2) is 79.0 Å². The molecule has 4 rings (SSSR count). The molecule has 6 nitrogen and oxygen atoms in total. The molecule has 3 N–H and O–H groups in total. The molecule has 2 aromatic heterocycles. The lowest BCUT2D eigenvalue weighted by Crippen LogP contribution is -2.24. The van der Waals surface area contributed by atoms with Crippen LogP contribution in [-0.2, 0) is 24.2 Å². The molecule has 0 aliphatic rings. The highest BCUT2D eigenvalue weighted by atomic mass is 16.5. The third-order valence-corrected chi connectivity index (χ3v) is 5.62. The number of fused-ring (bicyclic) bond motifs is 1. The van der Waals surface area contributed by atoms with Crippen molar-refractivity contribution in [2.75, 3.05) is 6.61 Å². The number of Topliss-reactive ketones (excluding diaryl/α,β-unsaturated/α-hetero) is 1. The molecule has 0 saturated heterocycles. The van der Waals surface area contributed by atoms with E-state index in [2.05, 4.69) is 0 Å². The molecule has 0 radical (unpaired) electrons. The molecule has 0 aliphatic carbocycles. The van der Waals surface area contributed by atoms with E-state index in [9.17, 15) is 14.7 Å². The SMILES string of the molecule is NC(=O)C(=O)c1c(CCCO)c(Cc2ccccc2)n2cccc(OCc3ccccc3)c12. The number of aromatic nitrogens is 1. The molecule has 1 amide bonds. The number of aliphatic hydroxyl groups excluding tert-OH is 1. The molecule has 33 heavy (non-hydrogen) atoms. The normalized spacial score (nSPS) is 10.9. The highest BCUT2D eigenvalue weighted by Crippen LogP contribution is 2.34. The third kappa shape index (κ3) is 4.81. The summed E-state index contributed by atoms with van der Waals surface area (Å²) in [6.45, 7) is 0.286. The molecule has 0 atom stereocenters. The number of ketones is 1. The van der Waals surface area contributed by atoms with Crippen LogP contribution in [-0.4, -0.2) is 27.8 Å². The molecule has 0 aliphatic heterocycles. The van der Waals surface area contributed by atoms with E-state index in [4.69, 9.17) is 10.5 Å². The molecule has 0 fully saturated rings. The highest BCUT2D eigenvalue weighted by Gasteiger charge is 2.28. The fraction of sp³-hybridized carbons (Fsp3) is 0.185. The van der Waals surface area contributed by atoms with Crippen LogP contribution in [0, 0.1) is 0 Å². The summed E-state index contributed by atoms with van der Waals surface area (Å²) in [6.07, 6.45) is 3.31. The van der Waals surface area contributed by atoms with Crippen LogP contribution in [0.5, 0.6) is 5.75 Å². The Labute approximate surface area is 192 Å². The van der Waals surface area contributed by atoms with Gasteiger partial charge in [0.25, 0.3) is 11.7 Å². The molecule has 6 heteroatoms. The van der Waals surface area contributed by atoms with Crippen molar-refractivity contribution in [2.45, 2.75) is 25.9 Å². The first-order valence-corrected chi connectivity index (χ1v) is 10.9. The van der Waals surface area contributed by atoms with Crippen molar-refractivity contribution in [3.05, 3.63) is 107 Å². The van der Waals surface area contributed by atoms with Crippen LogP contribution in [0.2, 0.25) is 0 Å². The van der Waals surface area contributed by atoms with Crippen LogP contribution in [0.25, 0.3) is 5.52 Å². The first kappa shape index (κ1) is 22.3. The zero-order valence-corrected chi connectivity index (χ0v) is 18.2. The number of hydrogen-bond donors (Lipinski definition) is 2. The Morgan fingerprint density at radius 1 is 0.909 bits per heavy atom. The Morgan fingerprint density at radius 2 is 1.58 bits per heavy atom. The Kier molecular flexibility index (Phi) is 6.86. The number of amides is 1. The predicted octanol–water partition coefficient (Wildman–Crippen LogP) is 3.70. The Bertz CT molecular complexity index is 1260. The summed E-state index contributed by atoms with van der Waals surface area (Å²) >= 11 is 0. The molecule has 2 aromatic carbocycles. The zero-order valence-electron chi connectivity index (χ0n) is 18.2. The van der Waals surface area contributed by atoms with Crippen molar-refractivity contribution in [2.24, 2.45) is 5.73 Å². The average Bonchev–Trinajstić information content (AvgIpc) is 3.15. The van der Waals surface area contributed by atoms with Gasteiger partial charge in [-0.2, -0.15) is 0 Å². The molecular weight excluding hydrogens is 416 g/mol. The second-order valence-electron chi connectivity index (χ2n) is 7.85. The van der Waals surface area contributed by atoms with Crippen molar-refractivity contribution in [3.63, 3.8) is 0 Å². The fourth-order valence-corrected chi connectivity index (χ4v) is 4.12. The minimum Gasteiger partial charge on any atom is -0.487 e. The molecule has 168 valence electrons. The van der Waals surface area contributed by atoms with Crippen molar-refractivity contribution in [1.82, 2.24) is 4.40 Å². The number of pyridine rings is 1. The number of benzene rings is 2. The van der Waals surface area contributed by atoms with Crippen molar-refractivity contribution in [1.29, 1.82) is 0 Å². The summed E-state index contributed by atoms with van der Waals surface area (Å²) in [5, 5.41) is 9.48. The lowest BCUT2D eigenvalue weighted by molar-refractivity contribution is -0.114. The maximum absolute atomic E-state index is 13.0. The van der Waals surface area contributed by atoms with Crippen LogP contribution >= 0.6 is 0 Å². The van der Waals surface area contributed by atoms with E-state index in [0.717, 1.165) is 16.8 Å². The monoisotopic (exact) mass is 442 g/mol. The van der Waals surface area contributed by atoms with E-state index in [1.54, 1.807) is 6.07 Å². The number of hydrogen-bond acceptors (Lipinski definition) is 4. The summed E-state index contributed by atoms with van der Waals surface area (Å²) in [4.78, 5) is 25.0. The molecule has 0 spiro atoms. The zero-order chi connectivity index (χ0) is 23.2. The summed E-state index contributed by atoms with van der Waals surface area (Å²) < 4.78 is 8.04. The predicted molar refractivity (Wildman–Crippen MR) is 126 cm³/mol. The van der Waals surface area contributed by atoms with Gasteiger partial charge in [0.1, 0.15) is 12.4 Å². The van der Waals surface area contributed by atoms with Gasteiger partial charge in [0, 0.05) is 24.9 Å². The van der Waals surface area contributed by atoms with Gasteiger partial charge >= 0.3 is 0 Å². The molecule has 4 aromatic rings. The Morgan fingerprint density at radius 3 is 2.21 bits per heavy atom.